The minimum atomic E-state index is -0.124. The number of amides is 1. The average Bonchev–Trinajstić information content (AvgIpc) is 2.47. The van der Waals surface area contributed by atoms with Gasteiger partial charge in [0.1, 0.15) is 0 Å². The summed E-state index contributed by atoms with van der Waals surface area (Å²) >= 11 is 0. The van der Waals surface area contributed by atoms with Gasteiger partial charge in [0.05, 0.1) is 6.04 Å². The Kier molecular flexibility index (Phi) is 6.77. The predicted octanol–water partition coefficient (Wildman–Crippen LogP) is 2.66. The standard InChI is InChI=1S/C16H18N2O.ClH/c17-12-11-15(19)18-16(13-7-3-1-4-8-13)14-9-5-2-6-10-14;/h1-10,16H,11-12,17H2,(H,18,19);1H. The van der Waals surface area contributed by atoms with Crippen LogP contribution in [0.4, 0.5) is 0 Å². The Balaban J connectivity index is 0.00000200. The van der Waals surface area contributed by atoms with Gasteiger partial charge in [0.25, 0.3) is 0 Å². The van der Waals surface area contributed by atoms with Gasteiger partial charge in [-0.1, -0.05) is 60.7 Å². The highest BCUT2D eigenvalue weighted by atomic mass is 35.5. The van der Waals surface area contributed by atoms with Crippen molar-refractivity contribution in [1.29, 1.82) is 0 Å². The number of carbonyl (C=O) groups excluding carboxylic acids is 1. The molecule has 1 amide bonds. The third kappa shape index (κ3) is 4.37. The van der Waals surface area contributed by atoms with E-state index in [2.05, 4.69) is 5.32 Å². The summed E-state index contributed by atoms with van der Waals surface area (Å²) in [6.07, 6.45) is 0.343. The first-order chi connectivity index (χ1) is 9.31. The molecule has 0 aliphatic rings. The molecule has 0 aliphatic heterocycles. The van der Waals surface area contributed by atoms with E-state index in [0.29, 0.717) is 13.0 Å². The van der Waals surface area contributed by atoms with Crippen LogP contribution in [0.25, 0.3) is 0 Å². The number of nitrogens with two attached hydrogens (primary N) is 1. The van der Waals surface area contributed by atoms with Gasteiger partial charge in [-0.25, -0.2) is 0 Å². The summed E-state index contributed by atoms with van der Waals surface area (Å²) in [5.41, 5.74) is 7.56. The highest BCUT2D eigenvalue weighted by Crippen LogP contribution is 2.21. The Morgan fingerprint density at radius 2 is 1.40 bits per heavy atom. The minimum absolute atomic E-state index is 0. The highest BCUT2D eigenvalue weighted by Gasteiger charge is 2.15. The van der Waals surface area contributed by atoms with Gasteiger partial charge in [0.2, 0.25) is 5.91 Å². The zero-order chi connectivity index (χ0) is 13.5. The summed E-state index contributed by atoms with van der Waals surface area (Å²) in [6.45, 7) is 0.363. The quantitative estimate of drug-likeness (QED) is 0.889. The smallest absolute Gasteiger partial charge is 0.222 e. The van der Waals surface area contributed by atoms with Gasteiger partial charge in [-0.05, 0) is 11.1 Å². The first-order valence-corrected chi connectivity index (χ1v) is 6.40. The first-order valence-electron chi connectivity index (χ1n) is 6.40. The van der Waals surface area contributed by atoms with E-state index in [1.165, 1.54) is 0 Å². The molecule has 3 nitrogen and oxygen atoms in total. The second-order valence-electron chi connectivity index (χ2n) is 4.36. The van der Waals surface area contributed by atoms with E-state index in [-0.39, 0.29) is 24.4 Å². The molecule has 0 aliphatic carbocycles. The normalized spacial score (nSPS) is 9.90. The fourth-order valence-corrected chi connectivity index (χ4v) is 2.01. The monoisotopic (exact) mass is 290 g/mol. The van der Waals surface area contributed by atoms with Crippen molar-refractivity contribution >= 4 is 18.3 Å². The number of rotatable bonds is 5. The zero-order valence-corrected chi connectivity index (χ0v) is 12.0. The van der Waals surface area contributed by atoms with Gasteiger partial charge >= 0.3 is 0 Å². The molecule has 0 bridgehead atoms. The second-order valence-corrected chi connectivity index (χ2v) is 4.36. The Morgan fingerprint density at radius 3 is 1.80 bits per heavy atom. The first kappa shape index (κ1) is 16.2. The maximum atomic E-state index is 11.8. The lowest BCUT2D eigenvalue weighted by atomic mass is 9.98. The van der Waals surface area contributed by atoms with Crippen LogP contribution in [0.2, 0.25) is 0 Å². The van der Waals surface area contributed by atoms with Crippen LogP contribution < -0.4 is 11.1 Å². The molecule has 20 heavy (non-hydrogen) atoms. The number of carbonyl (C=O) groups is 1. The van der Waals surface area contributed by atoms with E-state index < -0.39 is 0 Å². The molecular formula is C16H19ClN2O. The summed E-state index contributed by atoms with van der Waals surface area (Å²) in [7, 11) is 0. The third-order valence-electron chi connectivity index (χ3n) is 2.94. The summed E-state index contributed by atoms with van der Waals surface area (Å²) in [5, 5.41) is 3.03. The second kappa shape index (κ2) is 8.35. The molecule has 0 heterocycles. The van der Waals surface area contributed by atoms with Crippen LogP contribution in [-0.2, 0) is 4.79 Å². The van der Waals surface area contributed by atoms with Crippen molar-refractivity contribution in [3.05, 3.63) is 71.8 Å². The Labute approximate surface area is 125 Å². The van der Waals surface area contributed by atoms with E-state index in [4.69, 9.17) is 5.73 Å². The summed E-state index contributed by atoms with van der Waals surface area (Å²) in [6, 6.07) is 19.8. The van der Waals surface area contributed by atoms with E-state index in [9.17, 15) is 4.79 Å². The summed E-state index contributed by atoms with van der Waals surface area (Å²) in [5.74, 6) is -0.0276. The molecule has 0 spiro atoms. The van der Waals surface area contributed by atoms with Gasteiger partial charge in [0, 0.05) is 13.0 Å². The Hall–Kier alpha value is -1.84. The van der Waals surface area contributed by atoms with Gasteiger partial charge < -0.3 is 11.1 Å². The lowest BCUT2D eigenvalue weighted by Gasteiger charge is -2.19. The van der Waals surface area contributed by atoms with E-state index in [0.717, 1.165) is 11.1 Å². The van der Waals surface area contributed by atoms with Crippen molar-refractivity contribution in [1.82, 2.24) is 5.32 Å². The molecule has 0 unspecified atom stereocenters. The Morgan fingerprint density at radius 1 is 0.950 bits per heavy atom. The molecular weight excluding hydrogens is 272 g/mol. The van der Waals surface area contributed by atoms with Crippen LogP contribution in [0.15, 0.2) is 60.7 Å². The maximum Gasteiger partial charge on any atom is 0.222 e. The van der Waals surface area contributed by atoms with E-state index in [1.54, 1.807) is 0 Å². The highest BCUT2D eigenvalue weighted by molar-refractivity contribution is 5.85. The molecule has 0 aromatic heterocycles. The van der Waals surface area contributed by atoms with Crippen molar-refractivity contribution in [3.63, 3.8) is 0 Å². The number of halogens is 1. The topological polar surface area (TPSA) is 55.1 Å². The van der Waals surface area contributed by atoms with Crippen LogP contribution in [0, 0.1) is 0 Å². The molecule has 0 saturated heterocycles. The maximum absolute atomic E-state index is 11.8. The molecule has 2 rings (SSSR count). The fraction of sp³-hybridized carbons (Fsp3) is 0.188. The lowest BCUT2D eigenvalue weighted by Crippen LogP contribution is -2.30. The average molecular weight is 291 g/mol. The van der Waals surface area contributed by atoms with Crippen molar-refractivity contribution in [2.45, 2.75) is 12.5 Å². The van der Waals surface area contributed by atoms with Crippen LogP contribution in [-0.4, -0.2) is 12.5 Å². The molecule has 0 fully saturated rings. The van der Waals surface area contributed by atoms with Gasteiger partial charge in [-0.3, -0.25) is 4.79 Å². The van der Waals surface area contributed by atoms with E-state index in [1.807, 2.05) is 60.7 Å². The van der Waals surface area contributed by atoms with Crippen molar-refractivity contribution in [2.75, 3.05) is 6.54 Å². The number of hydrogen-bond donors (Lipinski definition) is 2. The van der Waals surface area contributed by atoms with Gasteiger partial charge in [0.15, 0.2) is 0 Å². The van der Waals surface area contributed by atoms with Gasteiger partial charge in [-0.2, -0.15) is 0 Å². The molecule has 0 atom stereocenters. The summed E-state index contributed by atoms with van der Waals surface area (Å²) in [4.78, 5) is 11.8. The van der Waals surface area contributed by atoms with Crippen LogP contribution in [0.3, 0.4) is 0 Å². The molecule has 2 aromatic rings. The Bertz CT molecular complexity index is 477. The van der Waals surface area contributed by atoms with E-state index >= 15 is 0 Å². The van der Waals surface area contributed by atoms with Crippen LogP contribution in [0.5, 0.6) is 0 Å². The fourth-order valence-electron chi connectivity index (χ4n) is 2.01. The van der Waals surface area contributed by atoms with Crippen molar-refractivity contribution < 1.29 is 4.79 Å². The number of hydrogen-bond acceptors (Lipinski definition) is 2. The van der Waals surface area contributed by atoms with Crippen molar-refractivity contribution in [2.24, 2.45) is 5.73 Å². The summed E-state index contributed by atoms with van der Waals surface area (Å²) < 4.78 is 0. The molecule has 4 heteroatoms. The third-order valence-corrected chi connectivity index (χ3v) is 2.94. The number of nitrogens with one attached hydrogen (secondary N) is 1. The largest absolute Gasteiger partial charge is 0.345 e. The predicted molar refractivity (Wildman–Crippen MR) is 83.8 cm³/mol. The van der Waals surface area contributed by atoms with Crippen LogP contribution in [0.1, 0.15) is 23.6 Å². The zero-order valence-electron chi connectivity index (χ0n) is 11.2. The molecule has 0 radical (unpaired) electrons. The molecule has 106 valence electrons. The van der Waals surface area contributed by atoms with Crippen LogP contribution >= 0.6 is 12.4 Å². The SMILES string of the molecule is Cl.NCCC(=O)NC(c1ccccc1)c1ccccc1. The van der Waals surface area contributed by atoms with Gasteiger partial charge in [-0.15, -0.1) is 12.4 Å². The number of benzene rings is 2. The minimum Gasteiger partial charge on any atom is -0.345 e. The van der Waals surface area contributed by atoms with Crippen molar-refractivity contribution in [3.8, 4) is 0 Å². The lowest BCUT2D eigenvalue weighted by molar-refractivity contribution is -0.121. The molecule has 2 aromatic carbocycles. The molecule has 0 saturated carbocycles. The molecule has 3 N–H and O–H groups in total.